The lowest BCUT2D eigenvalue weighted by Crippen LogP contribution is -2.45. The third kappa shape index (κ3) is 43.1. The van der Waals surface area contributed by atoms with Gasteiger partial charge >= 0.3 is 0 Å². The molecule has 0 aromatic rings. The molecule has 9 heteroatoms. The van der Waals surface area contributed by atoms with Crippen molar-refractivity contribution in [2.45, 2.75) is 161 Å². The van der Waals surface area contributed by atoms with Gasteiger partial charge in [0.05, 0.1) is 39.9 Å². The van der Waals surface area contributed by atoms with E-state index in [4.69, 9.17) is 9.05 Å². The number of quaternary nitrogens is 1. The molecule has 0 saturated heterocycles. The Labute approximate surface area is 361 Å². The predicted octanol–water partition coefficient (Wildman–Crippen LogP) is 12.3. The Morgan fingerprint density at radius 2 is 1.05 bits per heavy atom. The lowest BCUT2D eigenvalue weighted by molar-refractivity contribution is -0.870. The molecule has 0 radical (unpaired) electrons. The van der Waals surface area contributed by atoms with Crippen LogP contribution in [0.3, 0.4) is 0 Å². The summed E-state index contributed by atoms with van der Waals surface area (Å²) in [4.78, 5) is 25.2. The highest BCUT2D eigenvalue weighted by Gasteiger charge is 2.23. The summed E-state index contributed by atoms with van der Waals surface area (Å²) in [6.45, 7) is 4.38. The highest BCUT2D eigenvalue weighted by molar-refractivity contribution is 7.45. The molecule has 336 valence electrons. The molecule has 1 amide bonds. The van der Waals surface area contributed by atoms with E-state index in [1.807, 2.05) is 27.2 Å². The minimum absolute atomic E-state index is 0.0156. The van der Waals surface area contributed by atoms with E-state index < -0.39 is 26.6 Å². The van der Waals surface area contributed by atoms with Gasteiger partial charge in [0.15, 0.2) is 0 Å². The number of phosphoric ester groups is 1. The van der Waals surface area contributed by atoms with Crippen LogP contribution in [0.1, 0.15) is 149 Å². The molecule has 2 N–H and O–H groups in total. The summed E-state index contributed by atoms with van der Waals surface area (Å²) in [5.74, 6) is -0.229. The van der Waals surface area contributed by atoms with E-state index in [1.54, 1.807) is 6.08 Å². The second kappa shape index (κ2) is 40.6. The maximum atomic E-state index is 12.8. The van der Waals surface area contributed by atoms with Crippen molar-refractivity contribution < 1.29 is 32.9 Å². The van der Waals surface area contributed by atoms with Gasteiger partial charge in [-0.2, -0.15) is 0 Å². The lowest BCUT2D eigenvalue weighted by Gasteiger charge is -2.29. The van der Waals surface area contributed by atoms with Gasteiger partial charge in [-0.15, -0.1) is 0 Å². The van der Waals surface area contributed by atoms with Gasteiger partial charge in [0.1, 0.15) is 13.2 Å². The zero-order chi connectivity index (χ0) is 43.6. The largest absolute Gasteiger partial charge is 0.756 e. The van der Waals surface area contributed by atoms with Crippen molar-refractivity contribution >= 4 is 13.7 Å². The normalized spacial score (nSPS) is 15.3. The third-order valence-electron chi connectivity index (χ3n) is 9.22. The Hall–Kier alpha value is -2.84. The van der Waals surface area contributed by atoms with Crippen LogP contribution >= 0.6 is 7.82 Å². The monoisotopic (exact) mass is 841 g/mol. The number of nitrogens with one attached hydrogen (secondary N) is 1. The Morgan fingerprint density at radius 3 is 1.58 bits per heavy atom. The van der Waals surface area contributed by atoms with Crippen LogP contribution in [0.5, 0.6) is 0 Å². The molecule has 0 aliphatic carbocycles. The molecule has 0 fully saturated rings. The summed E-state index contributed by atoms with van der Waals surface area (Å²) in [5, 5.41) is 13.6. The first-order valence-corrected chi connectivity index (χ1v) is 24.2. The molecule has 59 heavy (non-hydrogen) atoms. The van der Waals surface area contributed by atoms with Crippen molar-refractivity contribution in [3.63, 3.8) is 0 Å². The van der Waals surface area contributed by atoms with Gasteiger partial charge in [-0.25, -0.2) is 0 Å². The van der Waals surface area contributed by atoms with Gasteiger partial charge < -0.3 is 28.8 Å². The van der Waals surface area contributed by atoms with Crippen molar-refractivity contribution in [3.8, 4) is 0 Å². The van der Waals surface area contributed by atoms with Crippen molar-refractivity contribution in [2.75, 3.05) is 40.9 Å². The first-order chi connectivity index (χ1) is 28.5. The maximum absolute atomic E-state index is 12.8. The smallest absolute Gasteiger partial charge is 0.268 e. The molecule has 0 heterocycles. The van der Waals surface area contributed by atoms with Gasteiger partial charge in [0.25, 0.3) is 7.82 Å². The molecule has 0 bridgehead atoms. The topological polar surface area (TPSA) is 108 Å². The fourth-order valence-electron chi connectivity index (χ4n) is 5.60. The number of hydrogen-bond acceptors (Lipinski definition) is 6. The number of likely N-dealkylation sites (N-methyl/N-ethyl adjacent to an activating group) is 1. The standard InChI is InChI=1S/C50H85N2O6P/c1-6-8-10-12-14-16-17-18-19-20-21-22-23-24-25-26-27-28-29-30-31-32-33-34-35-36-38-40-42-44-50(54)51-48(47-58-59(55,56)57-46-45-52(3,4)5)49(53)43-41-39-37-15-13-11-9-7-2/h8,10,13-16,18-19,21-22,24-25,27-28,30-31,41,43,48-49,53H,6-7,9,11-12,17,20,23,26,29,32-40,42,44-47H2,1-5H3,(H-,51,54,55,56)/b10-8-,15-13+,16-14-,19-18-,22-21-,25-24-,28-27-,31-30-,43-41+. The van der Waals surface area contributed by atoms with E-state index in [1.165, 1.54) is 25.7 Å². The van der Waals surface area contributed by atoms with Gasteiger partial charge in [0.2, 0.25) is 5.91 Å². The van der Waals surface area contributed by atoms with Crippen LogP contribution < -0.4 is 10.2 Å². The first-order valence-electron chi connectivity index (χ1n) is 22.7. The summed E-state index contributed by atoms with van der Waals surface area (Å²) in [7, 11) is 1.21. The second-order valence-corrected chi connectivity index (χ2v) is 17.4. The fraction of sp³-hybridized carbons (Fsp3) is 0.620. The second-order valence-electron chi connectivity index (χ2n) is 16.0. The van der Waals surface area contributed by atoms with E-state index in [0.717, 1.165) is 103 Å². The number of aliphatic hydroxyl groups excluding tert-OH is 1. The van der Waals surface area contributed by atoms with Crippen molar-refractivity contribution in [1.29, 1.82) is 0 Å². The molecule has 0 aliphatic rings. The molecular weight excluding hydrogens is 756 g/mol. The molecule has 0 rings (SSSR count). The van der Waals surface area contributed by atoms with Gasteiger partial charge in [0, 0.05) is 6.42 Å². The number of phosphoric acid groups is 1. The Morgan fingerprint density at radius 1 is 0.610 bits per heavy atom. The number of unbranched alkanes of at least 4 members (excludes halogenated alkanes) is 10. The zero-order valence-corrected chi connectivity index (χ0v) is 38.8. The van der Waals surface area contributed by atoms with Gasteiger partial charge in [-0.05, 0) is 83.5 Å². The summed E-state index contributed by atoms with van der Waals surface area (Å²) >= 11 is 0. The quantitative estimate of drug-likeness (QED) is 0.0276. The van der Waals surface area contributed by atoms with E-state index in [0.29, 0.717) is 17.4 Å². The molecule has 0 spiro atoms. The summed E-state index contributed by atoms with van der Waals surface area (Å²) in [6.07, 6.45) is 58.8. The molecule has 0 aliphatic heterocycles. The van der Waals surface area contributed by atoms with E-state index in [9.17, 15) is 19.4 Å². The van der Waals surface area contributed by atoms with Crippen LogP contribution in [-0.4, -0.2) is 68.5 Å². The Kier molecular flexibility index (Phi) is 38.6. The van der Waals surface area contributed by atoms with E-state index in [-0.39, 0.29) is 12.5 Å². The minimum Gasteiger partial charge on any atom is -0.756 e. The van der Waals surface area contributed by atoms with Crippen molar-refractivity contribution in [3.05, 3.63) is 109 Å². The average Bonchev–Trinajstić information content (AvgIpc) is 3.19. The summed E-state index contributed by atoms with van der Waals surface area (Å²) < 4.78 is 23.1. The molecule has 3 atom stereocenters. The number of aliphatic hydroxyl groups is 1. The predicted molar refractivity (Wildman–Crippen MR) is 251 cm³/mol. The fourth-order valence-corrected chi connectivity index (χ4v) is 6.33. The van der Waals surface area contributed by atoms with E-state index >= 15 is 0 Å². The number of rotatable bonds is 39. The number of carbonyl (C=O) groups excluding carboxylic acids is 1. The average molecular weight is 841 g/mol. The van der Waals surface area contributed by atoms with Crippen LogP contribution in [0.4, 0.5) is 0 Å². The van der Waals surface area contributed by atoms with Gasteiger partial charge in [-0.1, -0.05) is 168 Å². The highest BCUT2D eigenvalue weighted by atomic mass is 31.2. The number of allylic oxidation sites excluding steroid dienone is 17. The molecule has 0 saturated carbocycles. The number of nitrogens with zero attached hydrogens (tertiary/aromatic N) is 1. The van der Waals surface area contributed by atoms with Crippen LogP contribution in [0.2, 0.25) is 0 Å². The summed E-state index contributed by atoms with van der Waals surface area (Å²) in [6, 6.07) is -0.914. The molecule has 8 nitrogen and oxygen atoms in total. The third-order valence-corrected chi connectivity index (χ3v) is 10.2. The first kappa shape index (κ1) is 56.2. The molecular formula is C50H85N2O6P. The van der Waals surface area contributed by atoms with Gasteiger partial charge in [-0.3, -0.25) is 9.36 Å². The van der Waals surface area contributed by atoms with Crippen molar-refractivity contribution in [1.82, 2.24) is 5.32 Å². The molecule has 3 unspecified atom stereocenters. The minimum atomic E-state index is -4.60. The zero-order valence-electron chi connectivity index (χ0n) is 37.9. The van der Waals surface area contributed by atoms with Crippen LogP contribution in [0.15, 0.2) is 109 Å². The van der Waals surface area contributed by atoms with Crippen molar-refractivity contribution in [2.24, 2.45) is 0 Å². The molecule has 0 aromatic carbocycles. The van der Waals surface area contributed by atoms with Crippen LogP contribution in [0, 0.1) is 0 Å². The molecule has 0 aromatic heterocycles. The SMILES string of the molecule is CC/C=C\C/C=C\C/C=C\C/C=C\C/C=C\C/C=C\C/C=C\CCCCCCCCCC(=O)NC(COP(=O)([O-])OCC[N+](C)(C)C)C(O)/C=C/CC/C=C/CCCC. The van der Waals surface area contributed by atoms with Crippen LogP contribution in [0.25, 0.3) is 0 Å². The van der Waals surface area contributed by atoms with Crippen LogP contribution in [-0.2, 0) is 18.4 Å². The number of carbonyl (C=O) groups is 1. The summed E-state index contributed by atoms with van der Waals surface area (Å²) in [5.41, 5.74) is 0. The Bertz CT molecular complexity index is 1320. The highest BCUT2D eigenvalue weighted by Crippen LogP contribution is 2.38. The number of hydrogen-bond donors (Lipinski definition) is 2. The number of amides is 1. The lowest BCUT2D eigenvalue weighted by atomic mass is 10.1. The maximum Gasteiger partial charge on any atom is 0.268 e. The van der Waals surface area contributed by atoms with E-state index in [2.05, 4.69) is 116 Å². The Balaban J connectivity index is 4.22.